The van der Waals surface area contributed by atoms with Crippen LogP contribution < -0.4 is 5.32 Å². The molecule has 1 aliphatic heterocycles. The molecule has 0 aliphatic carbocycles. The number of nitro groups is 1. The van der Waals surface area contributed by atoms with Gasteiger partial charge in [-0.3, -0.25) is 25.0 Å². The third kappa shape index (κ3) is 2.21. The fourth-order valence-corrected chi connectivity index (χ4v) is 2.48. The first-order valence-electron chi connectivity index (χ1n) is 4.95. The Bertz CT molecular complexity index is 607. The summed E-state index contributed by atoms with van der Waals surface area (Å²) in [7, 11) is 0. The first-order chi connectivity index (χ1) is 8.82. The molecule has 2 rings (SSSR count). The summed E-state index contributed by atoms with van der Waals surface area (Å²) in [4.78, 5) is 31.5. The van der Waals surface area contributed by atoms with E-state index in [1.807, 2.05) is 5.32 Å². The van der Waals surface area contributed by atoms with E-state index in [9.17, 15) is 28.5 Å². The molecule has 0 aromatic heterocycles. The molecule has 1 aliphatic rings. The number of carbonyl (C=O) groups is 2. The summed E-state index contributed by atoms with van der Waals surface area (Å²) >= 11 is 2.87. The summed E-state index contributed by atoms with van der Waals surface area (Å²) < 4.78 is 26.7. The first kappa shape index (κ1) is 13.5. The van der Waals surface area contributed by atoms with Gasteiger partial charge >= 0.3 is 0 Å². The maximum Gasteiger partial charge on any atom is 0.279 e. The zero-order valence-electron chi connectivity index (χ0n) is 9.02. The molecule has 0 bridgehead atoms. The van der Waals surface area contributed by atoms with Crippen LogP contribution in [0.15, 0.2) is 12.1 Å². The number of hydrogen-bond acceptors (Lipinski definition) is 4. The predicted molar refractivity (Wildman–Crippen MR) is 61.6 cm³/mol. The van der Waals surface area contributed by atoms with Gasteiger partial charge in [0, 0.05) is 6.07 Å². The number of alkyl halides is 1. The number of halogens is 3. The van der Waals surface area contributed by atoms with Gasteiger partial charge in [-0.1, -0.05) is 15.9 Å². The van der Waals surface area contributed by atoms with E-state index >= 15 is 0 Å². The normalized spacial score (nSPS) is 22.5. The summed E-state index contributed by atoms with van der Waals surface area (Å²) in [6.45, 7) is 0. The number of rotatable bonds is 2. The average molecular weight is 335 g/mol. The van der Waals surface area contributed by atoms with Gasteiger partial charge in [-0.05, 0) is 0 Å². The smallest absolute Gasteiger partial charge is 0.279 e. The monoisotopic (exact) mass is 334 g/mol. The van der Waals surface area contributed by atoms with Crippen molar-refractivity contribution in [3.63, 3.8) is 0 Å². The van der Waals surface area contributed by atoms with Crippen LogP contribution in [0, 0.1) is 21.7 Å². The van der Waals surface area contributed by atoms with E-state index in [1.165, 1.54) is 0 Å². The Hall–Kier alpha value is -1.90. The quantitative estimate of drug-likeness (QED) is 0.383. The molecule has 2 unspecified atom stereocenters. The van der Waals surface area contributed by atoms with Crippen molar-refractivity contribution in [2.75, 3.05) is 0 Å². The summed E-state index contributed by atoms with van der Waals surface area (Å²) in [5.41, 5.74) is -1.49. The average Bonchev–Trinajstić information content (AvgIpc) is 2.53. The van der Waals surface area contributed by atoms with Crippen LogP contribution in [0.1, 0.15) is 11.5 Å². The Morgan fingerprint density at radius 2 is 1.89 bits per heavy atom. The van der Waals surface area contributed by atoms with Gasteiger partial charge in [-0.15, -0.1) is 0 Å². The standard InChI is InChI=1S/C10H5BrF2N2O4/c11-8-7(9(16)14-10(8)17)6-4(13)1-3(12)2-5(6)15(18)19/h1-2,7-8H,(H,14,16,17). The second-order valence-corrected chi connectivity index (χ2v) is 4.80. The minimum Gasteiger partial charge on any atom is -0.295 e. The van der Waals surface area contributed by atoms with Crippen molar-refractivity contribution in [2.24, 2.45) is 0 Å². The van der Waals surface area contributed by atoms with E-state index in [1.54, 1.807) is 0 Å². The highest BCUT2D eigenvalue weighted by Crippen LogP contribution is 2.37. The summed E-state index contributed by atoms with van der Waals surface area (Å²) in [5.74, 6) is -5.39. The molecule has 1 N–H and O–H groups in total. The molecule has 9 heteroatoms. The lowest BCUT2D eigenvalue weighted by Gasteiger charge is -2.11. The molecule has 1 fully saturated rings. The molecule has 19 heavy (non-hydrogen) atoms. The van der Waals surface area contributed by atoms with Crippen LogP contribution in [-0.4, -0.2) is 21.6 Å². The molecule has 1 aromatic carbocycles. The molecule has 0 spiro atoms. The number of imide groups is 1. The molecular weight excluding hydrogens is 330 g/mol. The van der Waals surface area contributed by atoms with Crippen LogP contribution in [-0.2, 0) is 9.59 Å². The number of carbonyl (C=O) groups excluding carboxylic acids is 2. The van der Waals surface area contributed by atoms with Gasteiger partial charge in [-0.2, -0.15) is 0 Å². The number of benzene rings is 1. The van der Waals surface area contributed by atoms with Gasteiger partial charge in [-0.25, -0.2) is 8.78 Å². The Balaban J connectivity index is 2.65. The maximum atomic E-state index is 13.7. The highest BCUT2D eigenvalue weighted by molar-refractivity contribution is 9.10. The Kier molecular flexibility index (Phi) is 3.31. The number of nitro benzene ring substituents is 1. The van der Waals surface area contributed by atoms with Gasteiger partial charge in [0.05, 0.1) is 22.5 Å². The molecular formula is C10H5BrF2N2O4. The fraction of sp³-hybridized carbons (Fsp3) is 0.200. The summed E-state index contributed by atoms with van der Waals surface area (Å²) in [6.07, 6.45) is 0. The SMILES string of the molecule is O=C1NC(=O)C(c2c(F)cc(F)cc2[N+](=O)[O-])C1Br. The van der Waals surface area contributed by atoms with Gasteiger partial charge in [0.15, 0.2) is 0 Å². The van der Waals surface area contributed by atoms with Gasteiger partial charge in [0.2, 0.25) is 11.8 Å². The minimum absolute atomic E-state index is 0.429. The second-order valence-electron chi connectivity index (χ2n) is 3.81. The molecule has 0 saturated carbocycles. The van der Waals surface area contributed by atoms with E-state index in [0.29, 0.717) is 12.1 Å². The third-order valence-corrected chi connectivity index (χ3v) is 3.60. The van der Waals surface area contributed by atoms with Crippen molar-refractivity contribution < 1.29 is 23.3 Å². The van der Waals surface area contributed by atoms with Crippen molar-refractivity contribution in [3.05, 3.63) is 39.4 Å². The van der Waals surface area contributed by atoms with Crippen molar-refractivity contribution in [1.82, 2.24) is 5.32 Å². The first-order valence-corrected chi connectivity index (χ1v) is 5.86. The zero-order valence-corrected chi connectivity index (χ0v) is 10.6. The highest BCUT2D eigenvalue weighted by Gasteiger charge is 2.45. The lowest BCUT2D eigenvalue weighted by atomic mass is 9.95. The van der Waals surface area contributed by atoms with Crippen LogP contribution in [0.5, 0.6) is 0 Å². The third-order valence-electron chi connectivity index (χ3n) is 2.65. The Morgan fingerprint density at radius 3 is 2.37 bits per heavy atom. The number of nitrogens with zero attached hydrogens (tertiary/aromatic N) is 1. The van der Waals surface area contributed by atoms with E-state index < -0.39 is 50.4 Å². The summed E-state index contributed by atoms with van der Waals surface area (Å²) in [6, 6.07) is 0.937. The lowest BCUT2D eigenvalue weighted by Crippen LogP contribution is -2.22. The van der Waals surface area contributed by atoms with Crippen LogP contribution >= 0.6 is 15.9 Å². The van der Waals surface area contributed by atoms with Crippen LogP contribution in [0.25, 0.3) is 0 Å². The van der Waals surface area contributed by atoms with Gasteiger partial charge in [0.25, 0.3) is 5.69 Å². The molecule has 2 atom stereocenters. The van der Waals surface area contributed by atoms with Gasteiger partial charge in [0.1, 0.15) is 16.5 Å². The van der Waals surface area contributed by atoms with E-state index in [4.69, 9.17) is 0 Å². The zero-order chi connectivity index (χ0) is 14.3. The maximum absolute atomic E-state index is 13.7. The molecule has 6 nitrogen and oxygen atoms in total. The molecule has 1 heterocycles. The largest absolute Gasteiger partial charge is 0.295 e. The van der Waals surface area contributed by atoms with Crippen LogP contribution in [0.2, 0.25) is 0 Å². The van der Waals surface area contributed by atoms with Crippen molar-refractivity contribution in [2.45, 2.75) is 10.7 Å². The lowest BCUT2D eigenvalue weighted by molar-refractivity contribution is -0.386. The van der Waals surface area contributed by atoms with Crippen molar-refractivity contribution >= 4 is 33.4 Å². The van der Waals surface area contributed by atoms with Crippen molar-refractivity contribution in [3.8, 4) is 0 Å². The van der Waals surface area contributed by atoms with Crippen LogP contribution in [0.4, 0.5) is 14.5 Å². The van der Waals surface area contributed by atoms with E-state index in [2.05, 4.69) is 15.9 Å². The topological polar surface area (TPSA) is 89.3 Å². The number of amides is 2. The second kappa shape index (κ2) is 4.65. The van der Waals surface area contributed by atoms with Gasteiger partial charge < -0.3 is 0 Å². The molecule has 2 amide bonds. The Labute approximate surface area is 113 Å². The highest BCUT2D eigenvalue weighted by atomic mass is 79.9. The number of hydrogen-bond donors (Lipinski definition) is 1. The fourth-order valence-electron chi connectivity index (χ4n) is 1.86. The molecule has 1 aromatic rings. The summed E-state index contributed by atoms with van der Waals surface area (Å²) in [5, 5.41) is 12.7. The molecule has 100 valence electrons. The molecule has 1 saturated heterocycles. The van der Waals surface area contributed by atoms with E-state index in [0.717, 1.165) is 0 Å². The minimum atomic E-state index is -1.41. The predicted octanol–water partition coefficient (Wildman–Crippen LogP) is 1.38. The molecule has 0 radical (unpaired) electrons. The Morgan fingerprint density at radius 1 is 1.26 bits per heavy atom. The van der Waals surface area contributed by atoms with E-state index in [-0.39, 0.29) is 0 Å². The number of nitrogens with one attached hydrogen (secondary N) is 1. The van der Waals surface area contributed by atoms with Crippen molar-refractivity contribution in [1.29, 1.82) is 0 Å². The van der Waals surface area contributed by atoms with Crippen LogP contribution in [0.3, 0.4) is 0 Å².